The van der Waals surface area contributed by atoms with Crippen LogP contribution in [0.5, 0.6) is 0 Å². The van der Waals surface area contributed by atoms with E-state index in [0.29, 0.717) is 0 Å². The summed E-state index contributed by atoms with van der Waals surface area (Å²) in [5, 5.41) is 0. The molecule has 16 heavy (non-hydrogen) atoms. The van der Waals surface area contributed by atoms with E-state index in [1.807, 2.05) is 27.0 Å². The zero-order chi connectivity index (χ0) is 12.2. The van der Waals surface area contributed by atoms with Gasteiger partial charge in [-0.25, -0.2) is 9.78 Å². The Bertz CT molecular complexity index is 327. The van der Waals surface area contributed by atoms with Crippen LogP contribution in [0.15, 0.2) is 12.5 Å². The summed E-state index contributed by atoms with van der Waals surface area (Å²) in [6, 6.07) is 0. The van der Waals surface area contributed by atoms with Crippen LogP contribution >= 0.6 is 0 Å². The lowest BCUT2D eigenvalue weighted by molar-refractivity contribution is 0.0315. The molecular formula is C11H19N3O2. The monoisotopic (exact) mass is 225 g/mol. The summed E-state index contributed by atoms with van der Waals surface area (Å²) in [5.41, 5.74) is 5.90. The Morgan fingerprint density at radius 3 is 2.75 bits per heavy atom. The maximum Gasteiger partial charge on any atom is 0.404 e. The van der Waals surface area contributed by atoms with Crippen LogP contribution in [0.1, 0.15) is 32.9 Å². The molecule has 5 heteroatoms. The fourth-order valence-corrected chi connectivity index (χ4v) is 1.52. The molecule has 1 amide bonds. The van der Waals surface area contributed by atoms with Crippen LogP contribution in [0.4, 0.5) is 4.79 Å². The molecule has 1 atom stereocenters. The third-order valence-corrected chi connectivity index (χ3v) is 2.44. The minimum absolute atomic E-state index is 0.120. The highest BCUT2D eigenvalue weighted by Gasteiger charge is 2.27. The van der Waals surface area contributed by atoms with Gasteiger partial charge >= 0.3 is 6.09 Å². The van der Waals surface area contributed by atoms with Crippen LogP contribution in [-0.4, -0.2) is 22.2 Å². The molecular weight excluding hydrogens is 206 g/mol. The molecule has 1 heterocycles. The molecule has 0 bridgehead atoms. The largest absolute Gasteiger partial charge is 0.446 e. The first-order valence-electron chi connectivity index (χ1n) is 5.33. The number of aromatic amines is 1. The number of carbonyl (C=O) groups is 1. The first kappa shape index (κ1) is 12.5. The Hall–Kier alpha value is -1.52. The van der Waals surface area contributed by atoms with E-state index >= 15 is 0 Å². The van der Waals surface area contributed by atoms with Crippen LogP contribution < -0.4 is 5.73 Å². The summed E-state index contributed by atoms with van der Waals surface area (Å²) in [6.07, 6.45) is 4.04. The van der Waals surface area contributed by atoms with E-state index in [0.717, 1.165) is 18.5 Å². The van der Waals surface area contributed by atoms with Gasteiger partial charge in [0, 0.05) is 6.20 Å². The highest BCUT2D eigenvalue weighted by Crippen LogP contribution is 2.25. The molecule has 0 aliphatic carbocycles. The van der Waals surface area contributed by atoms with E-state index in [2.05, 4.69) is 9.97 Å². The van der Waals surface area contributed by atoms with Gasteiger partial charge in [0.1, 0.15) is 6.10 Å². The Balaban J connectivity index is 2.54. The number of nitrogens with one attached hydrogen (secondary N) is 1. The predicted molar refractivity (Wildman–Crippen MR) is 60.8 cm³/mol. The number of hydrogen-bond donors (Lipinski definition) is 2. The van der Waals surface area contributed by atoms with Crippen molar-refractivity contribution in [3.8, 4) is 0 Å². The van der Waals surface area contributed by atoms with Crippen molar-refractivity contribution in [2.45, 2.75) is 39.7 Å². The van der Waals surface area contributed by atoms with E-state index in [-0.39, 0.29) is 11.5 Å². The number of carbonyl (C=O) groups excluding carboxylic acids is 1. The predicted octanol–water partition coefficient (Wildman–Crippen LogP) is 1.85. The van der Waals surface area contributed by atoms with Crippen molar-refractivity contribution >= 4 is 6.09 Å². The van der Waals surface area contributed by atoms with Gasteiger partial charge in [-0.05, 0) is 18.3 Å². The van der Waals surface area contributed by atoms with Crippen LogP contribution in [0, 0.1) is 5.41 Å². The van der Waals surface area contributed by atoms with Crippen molar-refractivity contribution in [1.29, 1.82) is 0 Å². The van der Waals surface area contributed by atoms with Crippen molar-refractivity contribution in [2.24, 2.45) is 11.1 Å². The van der Waals surface area contributed by atoms with Crippen molar-refractivity contribution in [3.63, 3.8) is 0 Å². The lowest BCUT2D eigenvalue weighted by atomic mass is 9.86. The standard InChI is InChI=1S/C11H19N3O2/c1-11(2,3)9(16-10(12)15)5-4-8-6-13-7-14-8/h6-7,9H,4-5H2,1-3H3,(H2,12,15)(H,13,14). The molecule has 1 aromatic rings. The molecule has 0 fully saturated rings. The molecule has 5 nitrogen and oxygen atoms in total. The second-order valence-electron chi connectivity index (χ2n) is 4.89. The van der Waals surface area contributed by atoms with Gasteiger partial charge in [0.05, 0.1) is 12.0 Å². The zero-order valence-electron chi connectivity index (χ0n) is 9.99. The average molecular weight is 225 g/mol. The fourth-order valence-electron chi connectivity index (χ4n) is 1.52. The van der Waals surface area contributed by atoms with Gasteiger partial charge in [-0.1, -0.05) is 20.8 Å². The fraction of sp³-hybridized carbons (Fsp3) is 0.636. The van der Waals surface area contributed by atoms with Crippen LogP contribution in [0.2, 0.25) is 0 Å². The molecule has 0 radical (unpaired) electrons. The Morgan fingerprint density at radius 1 is 1.62 bits per heavy atom. The Morgan fingerprint density at radius 2 is 2.31 bits per heavy atom. The van der Waals surface area contributed by atoms with Crippen molar-refractivity contribution in [1.82, 2.24) is 9.97 Å². The SMILES string of the molecule is CC(C)(C)C(CCc1c[nH]cn1)OC(N)=O. The van der Waals surface area contributed by atoms with E-state index in [1.165, 1.54) is 0 Å². The first-order chi connectivity index (χ1) is 7.39. The van der Waals surface area contributed by atoms with Gasteiger partial charge in [-0.3, -0.25) is 0 Å². The van der Waals surface area contributed by atoms with Crippen molar-refractivity contribution in [2.75, 3.05) is 0 Å². The third-order valence-electron chi connectivity index (χ3n) is 2.44. The Kier molecular flexibility index (Phi) is 3.93. The summed E-state index contributed by atoms with van der Waals surface area (Å²) in [5.74, 6) is 0. The number of ether oxygens (including phenoxy) is 1. The number of amides is 1. The van der Waals surface area contributed by atoms with Gasteiger partial charge in [0.15, 0.2) is 0 Å². The molecule has 3 N–H and O–H groups in total. The summed E-state index contributed by atoms with van der Waals surface area (Å²) in [7, 11) is 0. The number of imidazole rings is 1. The van der Waals surface area contributed by atoms with Gasteiger partial charge in [0.25, 0.3) is 0 Å². The highest BCUT2D eigenvalue weighted by atomic mass is 16.6. The molecule has 0 aliphatic rings. The van der Waals surface area contributed by atoms with E-state index < -0.39 is 6.09 Å². The number of nitrogens with zero attached hydrogens (tertiary/aromatic N) is 1. The van der Waals surface area contributed by atoms with Gasteiger partial charge in [-0.15, -0.1) is 0 Å². The summed E-state index contributed by atoms with van der Waals surface area (Å²) in [6.45, 7) is 6.06. The lowest BCUT2D eigenvalue weighted by Crippen LogP contribution is -2.34. The number of hydrogen-bond acceptors (Lipinski definition) is 3. The number of primary amides is 1. The van der Waals surface area contributed by atoms with E-state index in [9.17, 15) is 4.79 Å². The summed E-state index contributed by atoms with van der Waals surface area (Å²) < 4.78 is 5.11. The maximum absolute atomic E-state index is 10.8. The minimum Gasteiger partial charge on any atom is -0.446 e. The molecule has 1 unspecified atom stereocenters. The topological polar surface area (TPSA) is 81.0 Å². The van der Waals surface area contributed by atoms with E-state index in [4.69, 9.17) is 10.5 Å². The minimum atomic E-state index is -0.720. The zero-order valence-corrected chi connectivity index (χ0v) is 9.99. The second kappa shape index (κ2) is 5.01. The van der Waals surface area contributed by atoms with Gasteiger partial charge < -0.3 is 15.5 Å². The molecule has 90 valence electrons. The highest BCUT2D eigenvalue weighted by molar-refractivity contribution is 5.64. The number of H-pyrrole nitrogens is 1. The Labute approximate surface area is 95.4 Å². The number of aryl methyl sites for hydroxylation is 1. The molecule has 1 rings (SSSR count). The maximum atomic E-state index is 10.8. The molecule has 0 saturated carbocycles. The van der Waals surface area contributed by atoms with Crippen LogP contribution in [0.25, 0.3) is 0 Å². The molecule has 0 saturated heterocycles. The number of nitrogens with two attached hydrogens (primary N) is 1. The smallest absolute Gasteiger partial charge is 0.404 e. The number of rotatable bonds is 4. The van der Waals surface area contributed by atoms with Crippen molar-refractivity contribution < 1.29 is 9.53 Å². The summed E-state index contributed by atoms with van der Waals surface area (Å²) in [4.78, 5) is 17.8. The second-order valence-corrected chi connectivity index (χ2v) is 4.89. The van der Waals surface area contributed by atoms with Crippen LogP contribution in [0.3, 0.4) is 0 Å². The van der Waals surface area contributed by atoms with Gasteiger partial charge in [0.2, 0.25) is 0 Å². The quantitative estimate of drug-likeness (QED) is 0.820. The molecule has 0 aromatic carbocycles. The van der Waals surface area contributed by atoms with Crippen LogP contribution in [-0.2, 0) is 11.2 Å². The average Bonchev–Trinajstić information content (AvgIpc) is 2.62. The lowest BCUT2D eigenvalue weighted by Gasteiger charge is -2.29. The normalized spacial score (nSPS) is 13.4. The number of aromatic nitrogens is 2. The molecule has 0 spiro atoms. The van der Waals surface area contributed by atoms with Crippen molar-refractivity contribution in [3.05, 3.63) is 18.2 Å². The van der Waals surface area contributed by atoms with E-state index in [1.54, 1.807) is 6.33 Å². The molecule has 1 aromatic heterocycles. The first-order valence-corrected chi connectivity index (χ1v) is 5.33. The summed E-state index contributed by atoms with van der Waals surface area (Å²) >= 11 is 0. The van der Waals surface area contributed by atoms with Gasteiger partial charge in [-0.2, -0.15) is 0 Å². The third kappa shape index (κ3) is 3.92. The molecule has 0 aliphatic heterocycles.